The molecule has 0 saturated carbocycles. The summed E-state index contributed by atoms with van der Waals surface area (Å²) in [5.41, 5.74) is 3.89. The number of benzene rings is 3. The fourth-order valence-corrected chi connectivity index (χ4v) is 8.07. The van der Waals surface area contributed by atoms with Gasteiger partial charge >= 0.3 is 6.09 Å². The van der Waals surface area contributed by atoms with Crippen LogP contribution in [0.3, 0.4) is 0 Å². The number of anilines is 2. The number of rotatable bonds is 4. The number of hydrogen-bond acceptors (Lipinski definition) is 5. The molecule has 42 heavy (non-hydrogen) atoms. The fourth-order valence-electron chi connectivity index (χ4n) is 6.26. The smallest absolute Gasteiger partial charge is 0.412 e. The lowest BCUT2D eigenvalue weighted by atomic mass is 9.77. The topological polar surface area (TPSA) is 105 Å². The molecule has 1 saturated heterocycles. The average molecular weight is 614 g/mol. The van der Waals surface area contributed by atoms with Crippen LogP contribution in [0.5, 0.6) is 0 Å². The van der Waals surface area contributed by atoms with Gasteiger partial charge in [0.15, 0.2) is 11.4 Å². The molecule has 0 bridgehead atoms. The lowest BCUT2D eigenvalue weighted by Gasteiger charge is -2.50. The summed E-state index contributed by atoms with van der Waals surface area (Å²) < 4.78 is 50.6. The van der Waals surface area contributed by atoms with Gasteiger partial charge in [-0.15, -0.1) is 0 Å². The SMILES string of the molecule is Cc1c(C)c(C)c(S(=O)(=O)Nc2ccc(C(=O)N3CCCC4(OC(=O)Nc5ccc(Cl)c(F)c54)C3C)cc2)c(C)c1C. The summed E-state index contributed by atoms with van der Waals surface area (Å²) >= 11 is 6.09. The van der Waals surface area contributed by atoms with Gasteiger partial charge in [0.2, 0.25) is 0 Å². The Labute approximate surface area is 250 Å². The van der Waals surface area contributed by atoms with E-state index in [9.17, 15) is 18.0 Å². The van der Waals surface area contributed by atoms with Gasteiger partial charge in [0, 0.05) is 17.8 Å². The van der Waals surface area contributed by atoms with Crippen LogP contribution in [0.25, 0.3) is 0 Å². The van der Waals surface area contributed by atoms with Crippen molar-refractivity contribution < 1.29 is 27.1 Å². The van der Waals surface area contributed by atoms with Gasteiger partial charge < -0.3 is 9.64 Å². The standard InChI is InChI=1S/C31H33ClFN3O5S/c1-16-17(2)19(4)28(20(5)18(16)3)42(39,40)35-23-10-8-22(9-11-23)29(37)36-15-7-14-31(21(36)6)26-25(34-30(38)41-31)13-12-24(32)27(26)33/h8-13,21,35H,7,14-15H2,1-6H3,(H,34,38). The number of piperidine rings is 1. The number of nitrogens with zero attached hydrogens (tertiary/aromatic N) is 1. The van der Waals surface area contributed by atoms with Crippen molar-refractivity contribution in [1.29, 1.82) is 0 Å². The minimum absolute atomic E-state index is 0.108. The van der Waals surface area contributed by atoms with Crippen molar-refractivity contribution in [3.05, 3.63) is 86.2 Å². The van der Waals surface area contributed by atoms with E-state index in [0.29, 0.717) is 41.8 Å². The Morgan fingerprint density at radius 2 is 1.62 bits per heavy atom. The Bertz CT molecular complexity index is 1710. The Hall–Kier alpha value is -3.63. The Kier molecular flexibility index (Phi) is 7.52. The third-order valence-corrected chi connectivity index (χ3v) is 10.9. The minimum atomic E-state index is -3.90. The van der Waals surface area contributed by atoms with Crippen LogP contribution < -0.4 is 10.0 Å². The quantitative estimate of drug-likeness (QED) is 0.333. The van der Waals surface area contributed by atoms with Gasteiger partial charge in [-0.2, -0.15) is 0 Å². The van der Waals surface area contributed by atoms with Gasteiger partial charge in [-0.25, -0.2) is 17.6 Å². The minimum Gasteiger partial charge on any atom is -0.435 e. The Morgan fingerprint density at radius 3 is 2.24 bits per heavy atom. The van der Waals surface area contributed by atoms with E-state index in [4.69, 9.17) is 16.3 Å². The number of ether oxygens (including phenoxy) is 1. The number of nitrogens with one attached hydrogen (secondary N) is 2. The van der Waals surface area contributed by atoms with Crippen LogP contribution in [-0.2, 0) is 20.4 Å². The molecule has 2 atom stereocenters. The first kappa shape index (κ1) is 29.8. The van der Waals surface area contributed by atoms with Crippen LogP contribution in [-0.4, -0.2) is 37.9 Å². The molecule has 1 fully saturated rings. The third-order valence-electron chi connectivity index (χ3n) is 8.96. The predicted octanol–water partition coefficient (Wildman–Crippen LogP) is 6.90. The van der Waals surface area contributed by atoms with Crippen LogP contribution in [0.2, 0.25) is 5.02 Å². The molecule has 8 nitrogen and oxygen atoms in total. The molecule has 2 aliphatic rings. The van der Waals surface area contributed by atoms with E-state index in [1.165, 1.54) is 24.3 Å². The maximum atomic E-state index is 15.4. The van der Waals surface area contributed by atoms with Gasteiger partial charge in [0.1, 0.15) is 0 Å². The van der Waals surface area contributed by atoms with Crippen molar-refractivity contribution in [1.82, 2.24) is 4.90 Å². The van der Waals surface area contributed by atoms with Gasteiger partial charge in [-0.3, -0.25) is 14.8 Å². The molecule has 2 unspecified atom stereocenters. The van der Waals surface area contributed by atoms with Crippen LogP contribution in [0.4, 0.5) is 20.6 Å². The van der Waals surface area contributed by atoms with Crippen molar-refractivity contribution in [2.75, 3.05) is 16.6 Å². The van der Waals surface area contributed by atoms with Crippen molar-refractivity contribution >= 4 is 45.0 Å². The van der Waals surface area contributed by atoms with E-state index >= 15 is 4.39 Å². The Morgan fingerprint density at radius 1 is 1.02 bits per heavy atom. The predicted molar refractivity (Wildman–Crippen MR) is 160 cm³/mol. The second-order valence-corrected chi connectivity index (χ2v) is 13.1. The van der Waals surface area contributed by atoms with Gasteiger partial charge in [-0.05, 0) is 119 Å². The zero-order chi connectivity index (χ0) is 30.7. The molecule has 222 valence electrons. The van der Waals surface area contributed by atoms with Crippen LogP contribution in [0.15, 0.2) is 41.3 Å². The summed E-state index contributed by atoms with van der Waals surface area (Å²) in [6.45, 7) is 11.5. The van der Waals surface area contributed by atoms with Crippen molar-refractivity contribution in [2.45, 2.75) is 70.9 Å². The highest BCUT2D eigenvalue weighted by Gasteiger charge is 2.53. The molecule has 2 amide bonds. The number of carbonyl (C=O) groups excluding carboxylic acids is 2. The highest BCUT2D eigenvalue weighted by Crippen LogP contribution is 2.48. The number of amides is 2. The molecule has 3 aromatic rings. The number of hydrogen-bond donors (Lipinski definition) is 2. The first-order valence-electron chi connectivity index (χ1n) is 13.7. The average Bonchev–Trinajstić information content (AvgIpc) is 2.94. The largest absolute Gasteiger partial charge is 0.435 e. The van der Waals surface area contributed by atoms with Gasteiger partial charge in [0.05, 0.1) is 27.2 Å². The molecule has 5 rings (SSSR count). The summed E-state index contributed by atoms with van der Waals surface area (Å²) in [5, 5.41) is 2.42. The third kappa shape index (κ3) is 4.70. The molecule has 0 aromatic heterocycles. The van der Waals surface area contributed by atoms with Crippen LogP contribution in [0, 0.1) is 40.4 Å². The lowest BCUT2D eigenvalue weighted by molar-refractivity contribution is -0.0770. The monoisotopic (exact) mass is 613 g/mol. The normalized spacial score (nSPS) is 20.1. The number of carbonyl (C=O) groups is 2. The van der Waals surface area contributed by atoms with Crippen LogP contribution >= 0.6 is 11.6 Å². The van der Waals surface area contributed by atoms with E-state index < -0.39 is 33.6 Å². The van der Waals surface area contributed by atoms with E-state index in [1.54, 1.807) is 37.8 Å². The van der Waals surface area contributed by atoms with Crippen LogP contribution in [0.1, 0.15) is 63.5 Å². The van der Waals surface area contributed by atoms with E-state index in [2.05, 4.69) is 10.0 Å². The van der Waals surface area contributed by atoms with E-state index in [-0.39, 0.29) is 27.1 Å². The molecule has 2 aliphatic heterocycles. The molecule has 2 heterocycles. The number of sulfonamides is 1. The first-order valence-corrected chi connectivity index (χ1v) is 15.5. The lowest BCUT2D eigenvalue weighted by Crippen LogP contribution is -2.59. The summed E-state index contributed by atoms with van der Waals surface area (Å²) in [6, 6.07) is 8.33. The molecule has 0 aliphatic carbocycles. The van der Waals surface area contributed by atoms with Crippen molar-refractivity contribution in [2.24, 2.45) is 0 Å². The fraction of sp³-hybridized carbons (Fsp3) is 0.355. The second kappa shape index (κ2) is 10.6. The molecule has 2 N–H and O–H groups in total. The van der Waals surface area contributed by atoms with Gasteiger partial charge in [0.25, 0.3) is 15.9 Å². The number of fused-ring (bicyclic) bond motifs is 2. The zero-order valence-electron chi connectivity index (χ0n) is 24.3. The number of likely N-dealkylation sites (tertiary alicyclic amines) is 1. The zero-order valence-corrected chi connectivity index (χ0v) is 25.9. The maximum Gasteiger partial charge on any atom is 0.412 e. The molecule has 11 heteroatoms. The van der Waals surface area contributed by atoms with Gasteiger partial charge in [-0.1, -0.05) is 11.6 Å². The summed E-state index contributed by atoms with van der Waals surface area (Å²) in [7, 11) is -3.90. The molecular formula is C31H33ClFN3O5S. The molecule has 1 spiro atoms. The molecule has 3 aromatic carbocycles. The summed E-state index contributed by atoms with van der Waals surface area (Å²) in [4.78, 5) is 28.0. The second-order valence-electron chi connectivity index (χ2n) is 11.1. The summed E-state index contributed by atoms with van der Waals surface area (Å²) in [5.74, 6) is -1.05. The Balaban J connectivity index is 1.42. The van der Waals surface area contributed by atoms with Crippen molar-refractivity contribution in [3.63, 3.8) is 0 Å². The van der Waals surface area contributed by atoms with E-state index in [0.717, 1.165) is 16.7 Å². The number of halogens is 2. The molecule has 0 radical (unpaired) electrons. The highest BCUT2D eigenvalue weighted by atomic mass is 35.5. The summed E-state index contributed by atoms with van der Waals surface area (Å²) in [6.07, 6.45) is 0.0415. The molecular weight excluding hydrogens is 581 g/mol. The van der Waals surface area contributed by atoms with Crippen molar-refractivity contribution in [3.8, 4) is 0 Å². The maximum absolute atomic E-state index is 15.4. The van der Waals surface area contributed by atoms with E-state index in [1.807, 2.05) is 20.8 Å². The highest BCUT2D eigenvalue weighted by molar-refractivity contribution is 7.92. The first-order chi connectivity index (χ1) is 19.7.